The van der Waals surface area contributed by atoms with Crippen molar-refractivity contribution in [1.29, 1.82) is 0 Å². The molecule has 0 bridgehead atoms. The maximum absolute atomic E-state index is 13.0. The van der Waals surface area contributed by atoms with Gasteiger partial charge in [-0.3, -0.25) is 4.79 Å². The Morgan fingerprint density at radius 2 is 1.76 bits per heavy atom. The molecule has 29 heavy (non-hydrogen) atoms. The van der Waals surface area contributed by atoms with Crippen LogP contribution in [0.1, 0.15) is 42.0 Å². The van der Waals surface area contributed by atoms with E-state index in [9.17, 15) is 13.2 Å². The Labute approximate surface area is 174 Å². The van der Waals surface area contributed by atoms with Gasteiger partial charge in [0.1, 0.15) is 0 Å². The van der Waals surface area contributed by atoms with E-state index in [0.717, 1.165) is 34.4 Å². The molecule has 0 aromatic heterocycles. The summed E-state index contributed by atoms with van der Waals surface area (Å²) < 4.78 is 27.6. The van der Waals surface area contributed by atoms with Gasteiger partial charge >= 0.3 is 0 Å². The Morgan fingerprint density at radius 1 is 1.07 bits per heavy atom. The number of anilines is 1. The number of benzene rings is 2. The van der Waals surface area contributed by atoms with Gasteiger partial charge in [0.15, 0.2) is 0 Å². The number of rotatable bonds is 5. The lowest BCUT2D eigenvalue weighted by Crippen LogP contribution is -2.41. The molecule has 0 atom stereocenters. The van der Waals surface area contributed by atoms with E-state index in [0.29, 0.717) is 30.8 Å². The lowest BCUT2D eigenvalue weighted by atomic mass is 9.96. The lowest BCUT2D eigenvalue weighted by Gasteiger charge is -2.31. The van der Waals surface area contributed by atoms with E-state index < -0.39 is 10.0 Å². The second-order valence-corrected chi connectivity index (χ2v) is 9.81. The van der Waals surface area contributed by atoms with E-state index in [-0.39, 0.29) is 11.8 Å². The first-order valence-corrected chi connectivity index (χ1v) is 11.6. The summed E-state index contributed by atoms with van der Waals surface area (Å²) in [6.45, 7) is 8.57. The minimum Gasteiger partial charge on any atom is -0.325 e. The molecule has 1 fully saturated rings. The highest BCUT2D eigenvalue weighted by Crippen LogP contribution is 2.28. The predicted octanol–water partition coefficient (Wildman–Crippen LogP) is 4.21. The number of sulfonamides is 1. The van der Waals surface area contributed by atoms with Crippen LogP contribution in [0.4, 0.5) is 5.69 Å². The van der Waals surface area contributed by atoms with Gasteiger partial charge in [0.05, 0.1) is 4.90 Å². The number of hydrogen-bond donors (Lipinski definition) is 1. The Morgan fingerprint density at radius 3 is 2.38 bits per heavy atom. The van der Waals surface area contributed by atoms with Crippen molar-refractivity contribution in [2.75, 3.05) is 18.4 Å². The highest BCUT2D eigenvalue weighted by molar-refractivity contribution is 7.89. The largest absolute Gasteiger partial charge is 0.325 e. The third-order valence-electron chi connectivity index (χ3n) is 5.76. The molecule has 0 aliphatic carbocycles. The van der Waals surface area contributed by atoms with E-state index in [2.05, 4.69) is 12.2 Å². The molecule has 1 saturated heterocycles. The summed E-state index contributed by atoms with van der Waals surface area (Å²) in [6, 6.07) is 11.4. The zero-order chi connectivity index (χ0) is 21.2. The summed E-state index contributed by atoms with van der Waals surface area (Å²) in [5.74, 6) is -0.192. The van der Waals surface area contributed by atoms with Crippen molar-refractivity contribution < 1.29 is 13.2 Å². The molecular weight excluding hydrogens is 384 g/mol. The van der Waals surface area contributed by atoms with E-state index in [1.54, 1.807) is 6.07 Å². The number of nitrogens with one attached hydrogen (secondary N) is 1. The molecule has 5 nitrogen and oxygen atoms in total. The molecule has 156 valence electrons. The van der Waals surface area contributed by atoms with Gasteiger partial charge in [-0.05, 0) is 62.8 Å². The Hall–Kier alpha value is -2.18. The fourth-order valence-electron chi connectivity index (χ4n) is 4.01. The van der Waals surface area contributed by atoms with Crippen LogP contribution in [0.15, 0.2) is 41.3 Å². The fraction of sp³-hybridized carbons (Fsp3) is 0.435. The van der Waals surface area contributed by atoms with Gasteiger partial charge in [-0.15, -0.1) is 0 Å². The zero-order valence-corrected chi connectivity index (χ0v) is 18.5. The van der Waals surface area contributed by atoms with Crippen LogP contribution in [-0.4, -0.2) is 31.7 Å². The molecule has 0 radical (unpaired) electrons. The first-order chi connectivity index (χ1) is 13.7. The Kier molecular flexibility index (Phi) is 6.44. The molecule has 0 saturated carbocycles. The van der Waals surface area contributed by atoms with Gasteiger partial charge in [0, 0.05) is 24.7 Å². The average molecular weight is 415 g/mol. The first-order valence-electron chi connectivity index (χ1n) is 10.2. The fourth-order valence-corrected chi connectivity index (χ4v) is 5.69. The van der Waals surface area contributed by atoms with Gasteiger partial charge in [0.25, 0.3) is 0 Å². The summed E-state index contributed by atoms with van der Waals surface area (Å²) in [4.78, 5) is 13.2. The Bertz CT molecular complexity index is 1010. The van der Waals surface area contributed by atoms with Crippen molar-refractivity contribution in [3.63, 3.8) is 0 Å². The van der Waals surface area contributed by atoms with Crippen LogP contribution in [0.5, 0.6) is 0 Å². The van der Waals surface area contributed by atoms with E-state index in [1.807, 2.05) is 51.1 Å². The molecule has 2 aromatic rings. The molecule has 0 unspecified atom stereocenters. The third-order valence-corrected chi connectivity index (χ3v) is 7.82. The van der Waals surface area contributed by atoms with Crippen LogP contribution in [0.3, 0.4) is 0 Å². The maximum atomic E-state index is 13.0. The van der Waals surface area contributed by atoms with Crippen LogP contribution < -0.4 is 5.32 Å². The van der Waals surface area contributed by atoms with Crippen LogP contribution in [-0.2, 0) is 21.2 Å². The van der Waals surface area contributed by atoms with E-state index >= 15 is 0 Å². The van der Waals surface area contributed by atoms with E-state index in [4.69, 9.17) is 0 Å². The van der Waals surface area contributed by atoms with Crippen LogP contribution in [0.2, 0.25) is 0 Å². The number of carbonyl (C=O) groups excluding carboxylic acids is 1. The number of piperidine rings is 1. The van der Waals surface area contributed by atoms with Crippen LogP contribution >= 0.6 is 0 Å². The van der Waals surface area contributed by atoms with E-state index in [1.165, 1.54) is 4.31 Å². The number of para-hydroxylation sites is 1. The molecular formula is C23H30N2O3S. The molecule has 1 aliphatic rings. The molecule has 6 heteroatoms. The SMILES string of the molecule is CCc1cccc(C)c1NC(=O)C1CCN(S(=O)(=O)c2ccc(C)cc2C)CC1. The van der Waals surface area contributed by atoms with Crippen molar-refractivity contribution in [1.82, 2.24) is 4.31 Å². The molecule has 3 rings (SSSR count). The average Bonchev–Trinajstić information content (AvgIpc) is 2.69. The Balaban J connectivity index is 1.68. The van der Waals surface area contributed by atoms with Crippen molar-refractivity contribution >= 4 is 21.6 Å². The van der Waals surface area contributed by atoms with Crippen molar-refractivity contribution in [2.45, 2.75) is 51.9 Å². The maximum Gasteiger partial charge on any atom is 0.243 e. The number of carbonyl (C=O) groups is 1. The number of aryl methyl sites for hydroxylation is 4. The minimum atomic E-state index is -3.53. The molecule has 1 N–H and O–H groups in total. The highest BCUT2D eigenvalue weighted by atomic mass is 32.2. The monoisotopic (exact) mass is 414 g/mol. The molecule has 1 heterocycles. The molecule has 0 spiro atoms. The summed E-state index contributed by atoms with van der Waals surface area (Å²) in [5.41, 5.74) is 4.86. The topological polar surface area (TPSA) is 66.5 Å². The summed E-state index contributed by atoms with van der Waals surface area (Å²) in [6.07, 6.45) is 1.91. The summed E-state index contributed by atoms with van der Waals surface area (Å²) in [7, 11) is -3.53. The smallest absolute Gasteiger partial charge is 0.243 e. The second-order valence-electron chi connectivity index (χ2n) is 7.90. The molecule has 1 amide bonds. The summed E-state index contributed by atoms with van der Waals surface area (Å²) >= 11 is 0. The van der Waals surface area contributed by atoms with Gasteiger partial charge in [-0.1, -0.05) is 42.8 Å². The normalized spacial score (nSPS) is 16.0. The highest BCUT2D eigenvalue weighted by Gasteiger charge is 2.33. The number of amides is 1. The third kappa shape index (κ3) is 4.54. The quantitative estimate of drug-likeness (QED) is 0.797. The van der Waals surface area contributed by atoms with Crippen molar-refractivity contribution in [2.24, 2.45) is 5.92 Å². The van der Waals surface area contributed by atoms with Gasteiger partial charge in [-0.2, -0.15) is 4.31 Å². The van der Waals surface area contributed by atoms with Crippen LogP contribution in [0.25, 0.3) is 0 Å². The predicted molar refractivity (Wildman–Crippen MR) is 117 cm³/mol. The summed E-state index contributed by atoms with van der Waals surface area (Å²) in [5, 5.41) is 3.09. The lowest BCUT2D eigenvalue weighted by molar-refractivity contribution is -0.120. The standard InChI is InChI=1S/C23H30N2O3S/c1-5-19-8-6-7-17(3)22(19)24-23(26)20-11-13-25(14-12-20)29(27,28)21-10-9-16(2)15-18(21)4/h6-10,15,20H,5,11-14H2,1-4H3,(H,24,26). The van der Waals surface area contributed by atoms with Gasteiger partial charge in [0.2, 0.25) is 15.9 Å². The number of nitrogens with zero attached hydrogens (tertiary/aromatic N) is 1. The molecule has 1 aliphatic heterocycles. The number of hydrogen-bond acceptors (Lipinski definition) is 3. The van der Waals surface area contributed by atoms with Gasteiger partial charge < -0.3 is 5.32 Å². The van der Waals surface area contributed by atoms with Crippen molar-refractivity contribution in [3.05, 3.63) is 58.7 Å². The van der Waals surface area contributed by atoms with Crippen LogP contribution in [0, 0.1) is 26.7 Å². The first kappa shape index (κ1) is 21.5. The minimum absolute atomic E-state index is 0.0161. The zero-order valence-electron chi connectivity index (χ0n) is 17.7. The second kappa shape index (κ2) is 8.67. The van der Waals surface area contributed by atoms with Gasteiger partial charge in [-0.25, -0.2) is 8.42 Å². The van der Waals surface area contributed by atoms with Crippen molar-refractivity contribution in [3.8, 4) is 0 Å². The molecule has 2 aromatic carbocycles.